The fraction of sp³-hybridized carbons (Fsp3) is 0.217. The average molecular weight is 1940 g/mol. The van der Waals surface area contributed by atoms with Crippen LogP contribution in [0.2, 0.25) is 0 Å². The second-order valence-corrected chi connectivity index (χ2v) is 37.0. The van der Waals surface area contributed by atoms with E-state index in [0.717, 1.165) is 61.3 Å². The molecule has 5 saturated heterocycles. The lowest BCUT2D eigenvalue weighted by molar-refractivity contribution is -0.128. The van der Waals surface area contributed by atoms with E-state index in [1.807, 2.05) is 60.7 Å². The number of ether oxygens (including phenoxy) is 4. The van der Waals surface area contributed by atoms with Crippen LogP contribution in [-0.4, -0.2) is 177 Å². The van der Waals surface area contributed by atoms with E-state index in [-0.39, 0.29) is 111 Å². The number of nitrogens with zero attached hydrogens (tertiary/aromatic N) is 6. The van der Waals surface area contributed by atoms with Crippen molar-refractivity contribution < 1.29 is 108 Å². The highest BCUT2D eigenvalue weighted by Crippen LogP contribution is 2.48. The topological polar surface area (TPSA) is 502 Å². The molecule has 37 nitrogen and oxygen atoms in total. The molecule has 0 spiro atoms. The van der Waals surface area contributed by atoms with Gasteiger partial charge >= 0.3 is 0 Å². The molecule has 7 aromatic heterocycles. The van der Waals surface area contributed by atoms with E-state index >= 15 is 4.39 Å². The fourth-order valence-corrected chi connectivity index (χ4v) is 20.5. The van der Waals surface area contributed by atoms with Gasteiger partial charge in [0.05, 0.1) is 66.7 Å². The van der Waals surface area contributed by atoms with Gasteiger partial charge in [-0.25, -0.2) is 9.37 Å². The molecule has 0 aliphatic carbocycles. The average Bonchev–Trinajstić information content (AvgIpc) is 1.57. The van der Waals surface area contributed by atoms with Crippen molar-refractivity contribution in [2.24, 2.45) is 0 Å². The van der Waals surface area contributed by atoms with E-state index in [1.54, 1.807) is 157 Å². The molecule has 5 fully saturated rings. The summed E-state index contributed by atoms with van der Waals surface area (Å²) in [6, 6.07) is 52.0. The molecule has 144 heavy (non-hydrogen) atoms. The number of carbonyl (C=O) groups is 14. The zero-order valence-electron chi connectivity index (χ0n) is 77.4. The molecule has 9 aliphatic rings. The van der Waals surface area contributed by atoms with Crippen LogP contribution in [0.15, 0.2) is 235 Å². The molecule has 8 aromatic carbocycles. The van der Waals surface area contributed by atoms with E-state index in [0.29, 0.717) is 127 Å². The number of aromatic nitrogens is 4. The lowest BCUT2D eigenvalue weighted by Gasteiger charge is -2.28. The number of Topliss-reactive ketones (excluding diaryl/α,β-unsaturated/α-hetero) is 1. The van der Waals surface area contributed by atoms with E-state index in [4.69, 9.17) is 42.3 Å². The predicted octanol–water partition coefficient (Wildman–Crippen LogP) is 10.4. The number of H-pyrrole nitrogens is 2. The highest BCUT2D eigenvalue weighted by molar-refractivity contribution is 6.15. The van der Waals surface area contributed by atoms with Gasteiger partial charge in [-0.15, -0.1) is 0 Å². The highest BCUT2D eigenvalue weighted by Gasteiger charge is 2.58. The van der Waals surface area contributed by atoms with E-state index < -0.39 is 92.0 Å². The number of hydrogen-bond donors (Lipinski definition) is 8. The smallest absolute Gasteiger partial charge is 0.254 e. The fourth-order valence-electron chi connectivity index (χ4n) is 20.5. The van der Waals surface area contributed by atoms with Crippen LogP contribution in [0.5, 0.6) is 23.0 Å². The third-order valence-electron chi connectivity index (χ3n) is 28.2. The monoisotopic (exact) mass is 1940 g/mol. The van der Waals surface area contributed by atoms with Gasteiger partial charge in [-0.05, 0) is 173 Å². The number of halogens is 1. The number of methoxy groups -OCH3 is 4. The number of rotatable bonds is 20. The second kappa shape index (κ2) is 35.3. The Bertz CT molecular complexity index is 8160. The van der Waals surface area contributed by atoms with Crippen molar-refractivity contribution in [3.63, 3.8) is 0 Å². The molecule has 13 amide bonds. The predicted molar refractivity (Wildman–Crippen MR) is 510 cm³/mol. The Hall–Kier alpha value is -18.3. The highest BCUT2D eigenvalue weighted by atomic mass is 19.1. The van der Waals surface area contributed by atoms with Gasteiger partial charge in [-0.1, -0.05) is 42.5 Å². The minimum atomic E-state index is -1.55. The summed E-state index contributed by atoms with van der Waals surface area (Å²) in [7, 11) is 6.11. The quantitative estimate of drug-likeness (QED) is 0.0259. The maximum atomic E-state index is 15.2. The summed E-state index contributed by atoms with van der Waals surface area (Å²) >= 11 is 0. The molecule has 0 bridgehead atoms. The molecule has 0 saturated carbocycles. The van der Waals surface area contributed by atoms with Crippen molar-refractivity contribution in [1.82, 2.24) is 66.3 Å². The molecular formula is C106H85FN14O23. The molecule has 0 radical (unpaired) electrons. The third-order valence-corrected chi connectivity index (χ3v) is 28.2. The number of nitrogens with two attached hydrogens (primary N) is 1. The van der Waals surface area contributed by atoms with Crippen molar-refractivity contribution >= 4 is 132 Å². The first-order chi connectivity index (χ1) is 69.2. The number of benzene rings is 8. The number of carbonyl (C=O) groups excluding carboxylic acids is 14. The summed E-state index contributed by atoms with van der Waals surface area (Å²) in [6.45, 7) is 2.49. The van der Waals surface area contributed by atoms with Crippen LogP contribution in [-0.2, 0) is 101 Å². The van der Waals surface area contributed by atoms with Gasteiger partial charge in [0.15, 0.2) is 11.2 Å². The molecule has 15 aromatic rings. The number of fused-ring (bicyclic) bond motifs is 8. The maximum Gasteiger partial charge on any atom is 0.254 e. The molecule has 38 heteroatoms. The van der Waals surface area contributed by atoms with Crippen LogP contribution in [0.3, 0.4) is 0 Å². The Morgan fingerprint density at radius 1 is 0.375 bits per heavy atom. The summed E-state index contributed by atoms with van der Waals surface area (Å²) < 4.78 is 60.4. The Kier molecular flexibility index (Phi) is 22.6. The lowest BCUT2D eigenvalue weighted by atomic mass is 9.82. The first kappa shape index (κ1) is 92.1. The van der Waals surface area contributed by atoms with E-state index in [1.165, 1.54) is 44.2 Å². The zero-order valence-corrected chi connectivity index (χ0v) is 77.4. The number of nitrogens with one attached hydrogen (secondary N) is 7. The van der Waals surface area contributed by atoms with Crippen molar-refractivity contribution in [2.45, 2.75) is 92.4 Å². The minimum absolute atomic E-state index is 0.00889. The summed E-state index contributed by atoms with van der Waals surface area (Å²) in [5.74, 6) is -2.79. The zero-order chi connectivity index (χ0) is 100. The largest absolute Gasteiger partial charge is 0.497 e. The van der Waals surface area contributed by atoms with Gasteiger partial charge in [-0.2, -0.15) is 5.10 Å². The Balaban J connectivity index is 0.000000113. The number of pyridine rings is 2. The Morgan fingerprint density at radius 2 is 0.736 bits per heavy atom. The number of amides is 13. The molecule has 724 valence electrons. The number of furan rings is 4. The number of nitrogen functional groups attached to an aromatic ring is 1. The molecular weight excluding hydrogens is 1860 g/mol. The third kappa shape index (κ3) is 16.0. The summed E-state index contributed by atoms with van der Waals surface area (Å²) in [5.41, 5.74) is 10.3. The van der Waals surface area contributed by atoms with Gasteiger partial charge in [0, 0.05) is 155 Å². The van der Waals surface area contributed by atoms with Gasteiger partial charge in [0.1, 0.15) is 107 Å². The molecule has 16 heterocycles. The van der Waals surface area contributed by atoms with Gasteiger partial charge < -0.3 is 72.3 Å². The standard InChI is InChI=1S/C27H22FN3O7.C27H22N4O5.C27H21N3O6.C25H20N4O5/c1-26(20(32)9-22(33)30-26)17-5-14-6-21(38-19(14)8-18(17)28)27(10-23(34)29-25(27)36)12-31-11-13-3-4-15(37-2)7-16(13)24(31)35;1-35-19-5-2-17-13-31(25(33)20(17)10-19)14-27(11-24(32)30-26(27)34)22-9-18-8-15(3-6-21(18)36-22)16-4-7-23(28)29-12-16;1-35-18-4-2-16-13-30(25(33)19(16)10-18)14-27(11-24(32)29-26(27)34)23-9-17-8-15(3-5-22(17)36-23)20-12-28-7-6-21(20)31;1-33-18-4-2-15-12-29(23(31)19(15)8-18)13-25(9-22(30)28-24(25)32)21-7-16-6-14(3-5-20(16)34-21)17-10-26-27-11-17/h3-8H,9-12H2,1-2H3,(H,30,33)(H,29,34,36);2-10,12H,11,13-14H2,1H3,(H2,28,29)(H,30,32,34);2-10,12H,11,13-14H2,1H3,(H,28,31)(H,29,32,34);2-8,10-11H,9,12-13H2,1H3,(H,26,27)(H,28,30,32)/t26?,27-;2*27-;25-/m1111/s1. The Labute approximate surface area is 813 Å². The number of hydrogen-bond acceptors (Lipinski definition) is 26. The summed E-state index contributed by atoms with van der Waals surface area (Å²) in [4.78, 5) is 205. The maximum absolute atomic E-state index is 15.2. The molecule has 1 unspecified atom stereocenters. The SMILES string of the molecule is COc1ccc2c(c1)C(=O)N(C[C@@]1(c3cc4cc(-c5c[nH]ccc5=O)ccc4o3)CC(=O)NC1=O)C2.COc1ccc2c(c1)C(=O)N(C[C@@]1(c3cc4cc(-c5ccc(N)nc5)ccc4o3)CC(=O)NC1=O)C2.COc1ccc2c(c1)C(=O)N(C[C@@]1(c3cc4cc(-c5cn[nH]c5)ccc4o3)CC(=O)NC1=O)C2.COc1ccc2c(c1)C(=O)N(C[C@@]1(c3cc4cc(C5(C)NC(=O)CC5=O)c(F)cc4o3)CC(=O)NC1=O)C2. The van der Waals surface area contributed by atoms with Crippen LogP contribution in [0.4, 0.5) is 10.2 Å². The molecule has 24 rings (SSSR count). The Morgan fingerprint density at radius 3 is 1.07 bits per heavy atom. The van der Waals surface area contributed by atoms with Crippen LogP contribution in [0.1, 0.15) is 131 Å². The van der Waals surface area contributed by atoms with Gasteiger partial charge in [-0.3, -0.25) is 98.3 Å². The molecule has 9 N–H and O–H groups in total. The van der Waals surface area contributed by atoms with Crippen molar-refractivity contribution in [2.75, 3.05) is 60.4 Å². The van der Waals surface area contributed by atoms with E-state index in [9.17, 15) is 71.9 Å². The first-order valence-corrected chi connectivity index (χ1v) is 45.6. The number of aromatic amines is 2. The van der Waals surface area contributed by atoms with Crippen molar-refractivity contribution in [3.05, 3.63) is 302 Å². The van der Waals surface area contributed by atoms with Crippen LogP contribution < -0.4 is 56.7 Å². The van der Waals surface area contributed by atoms with Crippen LogP contribution in [0.25, 0.3) is 77.3 Å². The number of imide groups is 4. The second-order valence-electron chi connectivity index (χ2n) is 37.0. The molecule has 5 atom stereocenters. The number of anilines is 1. The van der Waals surface area contributed by atoms with Gasteiger partial charge in [0.25, 0.3) is 23.6 Å². The summed E-state index contributed by atoms with van der Waals surface area (Å²) in [5, 5.41) is 21.4. The van der Waals surface area contributed by atoms with Gasteiger partial charge in [0.2, 0.25) is 53.2 Å². The van der Waals surface area contributed by atoms with Crippen LogP contribution >= 0.6 is 0 Å². The lowest BCUT2D eigenvalue weighted by Crippen LogP contribution is -2.46. The van der Waals surface area contributed by atoms with E-state index in [2.05, 4.69) is 46.7 Å². The number of ketones is 1. The normalized spacial score (nSPS) is 20.8. The summed E-state index contributed by atoms with van der Waals surface area (Å²) in [6.07, 6.45) is 7.43. The van der Waals surface area contributed by atoms with Crippen molar-refractivity contribution in [1.29, 1.82) is 0 Å². The van der Waals surface area contributed by atoms with Crippen molar-refractivity contribution in [3.8, 4) is 56.4 Å². The minimum Gasteiger partial charge on any atom is -0.497 e. The first-order valence-electron chi connectivity index (χ1n) is 45.6. The molecule has 9 aliphatic heterocycles. The van der Waals surface area contributed by atoms with Crippen LogP contribution in [0, 0.1) is 5.82 Å².